The molecule has 22 heavy (non-hydrogen) atoms. The molecule has 0 saturated carbocycles. The van der Waals surface area contributed by atoms with Crippen LogP contribution in [-0.2, 0) is 11.2 Å². The lowest BCUT2D eigenvalue weighted by Gasteiger charge is -2.17. The van der Waals surface area contributed by atoms with Crippen LogP contribution in [-0.4, -0.2) is 30.5 Å². The fourth-order valence-electron chi connectivity index (χ4n) is 2.18. The summed E-state index contributed by atoms with van der Waals surface area (Å²) in [5, 5.41) is 2.96. The van der Waals surface area contributed by atoms with Gasteiger partial charge in [-0.1, -0.05) is 30.3 Å². The Kier molecular flexibility index (Phi) is 7.99. The smallest absolute Gasteiger partial charge is 0.237 e. The molecule has 0 aromatic heterocycles. The van der Waals surface area contributed by atoms with Crippen molar-refractivity contribution in [3.63, 3.8) is 0 Å². The molecular weight excluding hydrogens is 278 g/mol. The second kappa shape index (κ2) is 9.78. The largest absolute Gasteiger partial charge is 0.370 e. The summed E-state index contributed by atoms with van der Waals surface area (Å²) >= 11 is 0. The van der Waals surface area contributed by atoms with Crippen LogP contribution in [0.3, 0.4) is 0 Å². The molecular formula is C16H27N5O. The van der Waals surface area contributed by atoms with Crippen LogP contribution >= 0.6 is 0 Å². The number of rotatable bonds is 9. The fraction of sp³-hybridized carbons (Fsp3) is 0.500. The van der Waals surface area contributed by atoms with Gasteiger partial charge < -0.3 is 22.5 Å². The van der Waals surface area contributed by atoms with Crippen LogP contribution < -0.4 is 22.5 Å². The van der Waals surface area contributed by atoms with Gasteiger partial charge in [-0.25, -0.2) is 0 Å². The van der Waals surface area contributed by atoms with Crippen molar-refractivity contribution < 1.29 is 4.79 Å². The van der Waals surface area contributed by atoms with E-state index in [1.165, 1.54) is 5.56 Å². The summed E-state index contributed by atoms with van der Waals surface area (Å²) in [6.45, 7) is 2.55. The quantitative estimate of drug-likeness (QED) is 0.302. The normalized spacial score (nSPS) is 13.2. The Balaban J connectivity index is 2.24. The van der Waals surface area contributed by atoms with Crippen molar-refractivity contribution in [3.05, 3.63) is 35.9 Å². The minimum absolute atomic E-state index is 0.0580. The zero-order chi connectivity index (χ0) is 16.4. The Labute approximate surface area is 132 Å². The maximum Gasteiger partial charge on any atom is 0.237 e. The van der Waals surface area contributed by atoms with E-state index >= 15 is 0 Å². The lowest BCUT2D eigenvalue weighted by Crippen LogP contribution is -2.45. The van der Waals surface area contributed by atoms with Gasteiger partial charge in [0.1, 0.15) is 0 Å². The number of guanidine groups is 1. The van der Waals surface area contributed by atoms with Crippen molar-refractivity contribution in [3.8, 4) is 0 Å². The number of nitrogens with two attached hydrogens (primary N) is 3. The van der Waals surface area contributed by atoms with Gasteiger partial charge >= 0.3 is 0 Å². The molecule has 6 heteroatoms. The summed E-state index contributed by atoms with van der Waals surface area (Å²) in [7, 11) is 0. The van der Waals surface area contributed by atoms with E-state index in [2.05, 4.69) is 10.3 Å². The first-order chi connectivity index (χ1) is 10.5. The molecule has 6 nitrogen and oxygen atoms in total. The third kappa shape index (κ3) is 7.64. The molecule has 1 aromatic carbocycles. The van der Waals surface area contributed by atoms with Gasteiger partial charge in [0.25, 0.3) is 0 Å². The molecule has 122 valence electrons. The lowest BCUT2D eigenvalue weighted by atomic mass is 10.1. The summed E-state index contributed by atoms with van der Waals surface area (Å²) in [5.41, 5.74) is 17.6. The molecule has 0 radical (unpaired) electrons. The average molecular weight is 305 g/mol. The summed E-state index contributed by atoms with van der Waals surface area (Å²) in [4.78, 5) is 15.9. The minimum Gasteiger partial charge on any atom is -0.370 e. The first-order valence-electron chi connectivity index (χ1n) is 7.64. The Morgan fingerprint density at radius 3 is 2.55 bits per heavy atom. The highest BCUT2D eigenvalue weighted by Gasteiger charge is 2.15. The zero-order valence-electron chi connectivity index (χ0n) is 13.2. The second-order valence-corrected chi connectivity index (χ2v) is 5.51. The van der Waals surface area contributed by atoms with E-state index < -0.39 is 6.04 Å². The molecule has 7 N–H and O–H groups in total. The highest BCUT2D eigenvalue weighted by atomic mass is 16.2. The van der Waals surface area contributed by atoms with Gasteiger partial charge in [0.05, 0.1) is 6.04 Å². The molecule has 0 fully saturated rings. The van der Waals surface area contributed by atoms with Gasteiger partial charge in [0.15, 0.2) is 5.96 Å². The molecule has 0 heterocycles. The van der Waals surface area contributed by atoms with Gasteiger partial charge in [-0.15, -0.1) is 0 Å². The van der Waals surface area contributed by atoms with E-state index in [1.807, 2.05) is 37.3 Å². The highest BCUT2D eigenvalue weighted by molar-refractivity contribution is 5.81. The maximum absolute atomic E-state index is 12.0. The number of nitrogens with zero attached hydrogens (tertiary/aromatic N) is 1. The Morgan fingerprint density at radius 1 is 1.23 bits per heavy atom. The number of nitrogens with one attached hydrogen (secondary N) is 1. The fourth-order valence-corrected chi connectivity index (χ4v) is 2.18. The van der Waals surface area contributed by atoms with Gasteiger partial charge in [-0.2, -0.15) is 0 Å². The van der Waals surface area contributed by atoms with Crippen LogP contribution in [0.15, 0.2) is 35.3 Å². The summed E-state index contributed by atoms with van der Waals surface area (Å²) in [6, 6.07) is 9.63. The lowest BCUT2D eigenvalue weighted by molar-refractivity contribution is -0.123. The second-order valence-electron chi connectivity index (χ2n) is 5.51. The molecule has 0 aliphatic heterocycles. The van der Waals surface area contributed by atoms with Crippen molar-refractivity contribution in [1.29, 1.82) is 0 Å². The van der Waals surface area contributed by atoms with Crippen LogP contribution in [0.4, 0.5) is 0 Å². The molecule has 0 aliphatic rings. The molecule has 0 aliphatic carbocycles. The zero-order valence-corrected chi connectivity index (χ0v) is 13.2. The first kappa shape index (κ1) is 18.0. The summed E-state index contributed by atoms with van der Waals surface area (Å²) in [6.07, 6.45) is 3.06. The van der Waals surface area contributed by atoms with E-state index in [4.69, 9.17) is 17.2 Å². The van der Waals surface area contributed by atoms with Crippen molar-refractivity contribution >= 4 is 11.9 Å². The van der Waals surface area contributed by atoms with Crippen molar-refractivity contribution in [2.45, 2.75) is 44.7 Å². The highest BCUT2D eigenvalue weighted by Crippen LogP contribution is 2.04. The molecule has 1 amide bonds. The molecule has 1 rings (SSSR count). The van der Waals surface area contributed by atoms with E-state index in [0.29, 0.717) is 13.0 Å². The molecule has 1 aromatic rings. The molecule has 0 spiro atoms. The summed E-state index contributed by atoms with van der Waals surface area (Å²) in [5.74, 6) is -0.0120. The Hall–Kier alpha value is -2.08. The maximum atomic E-state index is 12.0. The Morgan fingerprint density at radius 2 is 1.91 bits per heavy atom. The SMILES string of the molecule is CC(Cc1ccccc1)NC(=O)C(N)CCCCN=C(N)N. The Bertz CT molecular complexity index is 471. The third-order valence-corrected chi connectivity index (χ3v) is 3.33. The van der Waals surface area contributed by atoms with E-state index in [1.54, 1.807) is 0 Å². The average Bonchev–Trinajstić information content (AvgIpc) is 2.47. The molecule has 2 unspecified atom stereocenters. The van der Waals surface area contributed by atoms with Crippen molar-refractivity contribution in [2.24, 2.45) is 22.2 Å². The summed E-state index contributed by atoms with van der Waals surface area (Å²) < 4.78 is 0. The van der Waals surface area contributed by atoms with Crippen LogP contribution in [0.5, 0.6) is 0 Å². The van der Waals surface area contributed by atoms with Crippen LogP contribution in [0.25, 0.3) is 0 Å². The predicted octanol–water partition coefficient (Wildman–Crippen LogP) is 0.505. The van der Waals surface area contributed by atoms with Crippen LogP contribution in [0.1, 0.15) is 31.7 Å². The number of aliphatic imine (C=N–C) groups is 1. The number of carbonyl (C=O) groups is 1. The van der Waals surface area contributed by atoms with Gasteiger partial charge in [-0.3, -0.25) is 9.79 Å². The first-order valence-corrected chi connectivity index (χ1v) is 7.64. The van der Waals surface area contributed by atoms with Gasteiger partial charge in [0.2, 0.25) is 5.91 Å². The van der Waals surface area contributed by atoms with Crippen LogP contribution in [0.2, 0.25) is 0 Å². The van der Waals surface area contributed by atoms with Gasteiger partial charge in [0, 0.05) is 12.6 Å². The standard InChI is InChI=1S/C16H27N5O/c1-12(11-13-7-3-2-4-8-13)21-15(22)14(17)9-5-6-10-20-16(18)19/h2-4,7-8,12,14H,5-6,9-11,17H2,1H3,(H,21,22)(H4,18,19,20). The topological polar surface area (TPSA) is 120 Å². The third-order valence-electron chi connectivity index (χ3n) is 3.33. The minimum atomic E-state index is -0.488. The number of benzene rings is 1. The molecule has 0 saturated heterocycles. The molecule has 0 bridgehead atoms. The van der Waals surface area contributed by atoms with Crippen molar-refractivity contribution in [2.75, 3.05) is 6.54 Å². The molecule has 2 atom stereocenters. The number of hydrogen-bond donors (Lipinski definition) is 4. The van der Waals surface area contributed by atoms with E-state index in [-0.39, 0.29) is 17.9 Å². The van der Waals surface area contributed by atoms with E-state index in [9.17, 15) is 4.79 Å². The predicted molar refractivity (Wildman–Crippen MR) is 90.3 cm³/mol. The van der Waals surface area contributed by atoms with Gasteiger partial charge in [-0.05, 0) is 38.2 Å². The number of carbonyl (C=O) groups excluding carboxylic acids is 1. The number of unbranched alkanes of at least 4 members (excludes halogenated alkanes) is 1. The van der Waals surface area contributed by atoms with E-state index in [0.717, 1.165) is 19.3 Å². The van der Waals surface area contributed by atoms with Crippen LogP contribution in [0, 0.1) is 0 Å². The number of amides is 1. The monoisotopic (exact) mass is 305 g/mol. The number of hydrogen-bond acceptors (Lipinski definition) is 3. The van der Waals surface area contributed by atoms with Crippen molar-refractivity contribution in [1.82, 2.24) is 5.32 Å².